The van der Waals surface area contributed by atoms with E-state index in [2.05, 4.69) is 79.1 Å². The van der Waals surface area contributed by atoms with Gasteiger partial charge in [0.05, 0.1) is 6.04 Å². The fraction of sp³-hybridized carbons (Fsp3) is 0.727. The van der Waals surface area contributed by atoms with Crippen LogP contribution in [-0.2, 0) is 15.1 Å². The lowest BCUT2D eigenvalue weighted by Crippen LogP contribution is -2.53. The van der Waals surface area contributed by atoms with Crippen molar-refractivity contribution in [1.82, 2.24) is 4.90 Å². The molecule has 1 N–H and O–H groups in total. The van der Waals surface area contributed by atoms with Crippen molar-refractivity contribution in [2.24, 2.45) is 17.3 Å². The van der Waals surface area contributed by atoms with E-state index in [0.717, 1.165) is 43.4 Å². The molecule has 0 heterocycles. The van der Waals surface area contributed by atoms with Crippen molar-refractivity contribution < 1.29 is 14.6 Å². The minimum atomic E-state index is -1.53. The molecule has 0 spiro atoms. The van der Waals surface area contributed by atoms with Gasteiger partial charge >= 0.3 is 5.97 Å². The van der Waals surface area contributed by atoms with Crippen LogP contribution in [0.1, 0.15) is 110 Å². The molecule has 5 atom stereocenters. The van der Waals surface area contributed by atoms with Gasteiger partial charge in [0.1, 0.15) is 0 Å². The Morgan fingerprint density at radius 2 is 1.78 bits per heavy atom. The lowest BCUT2D eigenvalue weighted by Gasteiger charge is -2.50. The molecular weight excluding hydrogens is 458 g/mol. The Kier molecular flexibility index (Phi) is 9.57. The number of rotatable bonds is 9. The standard InChI is InChI=1S/C33H53NO3/c1-13-31(9,10)34(14-2)25(6)18-19-26(7)37-30(35)33(36,28-20-22(3)27(8)23(4)21-28)29-17-15-16-24(5)32(29,11)12/h20-21,24-26,29,36H,13-17H2,1-12H3/i36D. The maximum atomic E-state index is 14.2. The van der Waals surface area contributed by atoms with Crippen molar-refractivity contribution in [3.8, 4) is 11.8 Å². The van der Waals surface area contributed by atoms with E-state index >= 15 is 0 Å². The zero-order valence-electron chi connectivity index (χ0n) is 26.7. The van der Waals surface area contributed by atoms with Crippen LogP contribution in [-0.4, -0.2) is 41.6 Å². The summed E-state index contributed by atoms with van der Waals surface area (Å²) in [6.07, 6.45) is 3.28. The number of carbonyl (C=O) groups excluding carboxylic acids is 1. The summed E-state index contributed by atoms with van der Waals surface area (Å²) >= 11 is 0. The number of carbonyl (C=O) groups is 1. The van der Waals surface area contributed by atoms with E-state index in [1.165, 1.54) is 5.56 Å². The van der Waals surface area contributed by atoms with Crippen LogP contribution < -0.4 is 0 Å². The second-order valence-electron chi connectivity index (χ2n) is 12.6. The van der Waals surface area contributed by atoms with Gasteiger partial charge in [-0.3, -0.25) is 4.90 Å². The van der Waals surface area contributed by atoms with Crippen molar-refractivity contribution in [3.05, 3.63) is 34.4 Å². The molecule has 0 aromatic heterocycles. The first-order valence-electron chi connectivity index (χ1n) is 14.7. The van der Waals surface area contributed by atoms with Gasteiger partial charge in [0.2, 0.25) is 1.43 Å². The number of aryl methyl sites for hydroxylation is 2. The summed E-state index contributed by atoms with van der Waals surface area (Å²) in [5.41, 5.74) is 2.33. The first-order valence-corrected chi connectivity index (χ1v) is 14.3. The third-order valence-electron chi connectivity index (χ3n) is 9.68. The van der Waals surface area contributed by atoms with Crippen molar-refractivity contribution in [2.75, 3.05) is 6.54 Å². The van der Waals surface area contributed by atoms with Crippen LogP contribution in [0.3, 0.4) is 0 Å². The van der Waals surface area contributed by atoms with Gasteiger partial charge in [-0.25, -0.2) is 4.79 Å². The molecule has 1 fully saturated rings. The quantitative estimate of drug-likeness (QED) is 0.283. The van der Waals surface area contributed by atoms with Gasteiger partial charge in [-0.1, -0.05) is 71.4 Å². The SMILES string of the molecule is [2H]OC(C(=O)OC(C)C#CC(C)N(CC)C(C)(C)CC)(c1cc(C)c(C)c(C)c1)C1CCCC(C)C1(C)C. The van der Waals surface area contributed by atoms with Gasteiger partial charge < -0.3 is 9.85 Å². The first kappa shape index (κ1) is 29.7. The van der Waals surface area contributed by atoms with E-state index in [0.29, 0.717) is 11.5 Å². The van der Waals surface area contributed by atoms with E-state index < -0.39 is 17.7 Å². The second-order valence-corrected chi connectivity index (χ2v) is 12.6. The summed E-state index contributed by atoms with van der Waals surface area (Å²) in [7, 11) is 0. The third kappa shape index (κ3) is 6.43. The molecule has 1 aliphatic rings. The molecule has 0 amide bonds. The highest BCUT2D eigenvalue weighted by Crippen LogP contribution is 2.53. The Labute approximate surface area is 229 Å². The number of hydrogen-bond acceptors (Lipinski definition) is 4. The molecule has 0 bridgehead atoms. The molecular formula is C33H53NO3. The van der Waals surface area contributed by atoms with Gasteiger partial charge in [0, 0.05) is 11.5 Å². The largest absolute Gasteiger partial charge is 0.447 e. The predicted molar refractivity (Wildman–Crippen MR) is 154 cm³/mol. The number of aliphatic hydroxyl groups is 1. The van der Waals surface area contributed by atoms with E-state index in [1.807, 2.05) is 32.9 Å². The Bertz CT molecular complexity index is 1010. The van der Waals surface area contributed by atoms with Crippen LogP contribution in [0.5, 0.6) is 0 Å². The second kappa shape index (κ2) is 11.9. The average molecular weight is 513 g/mol. The van der Waals surface area contributed by atoms with E-state index in [-0.39, 0.29) is 22.9 Å². The number of ether oxygens (including phenoxy) is 1. The topological polar surface area (TPSA) is 49.8 Å². The fourth-order valence-electron chi connectivity index (χ4n) is 6.18. The number of benzene rings is 1. The fourth-order valence-corrected chi connectivity index (χ4v) is 6.18. The lowest BCUT2D eigenvalue weighted by atomic mass is 9.56. The smallest absolute Gasteiger partial charge is 0.344 e. The van der Waals surface area contributed by atoms with Crippen LogP contribution in [0.4, 0.5) is 0 Å². The van der Waals surface area contributed by atoms with Crippen LogP contribution >= 0.6 is 0 Å². The minimum absolute atomic E-state index is 0.0220. The minimum Gasteiger partial charge on any atom is -0.447 e. The van der Waals surface area contributed by atoms with Gasteiger partial charge in [-0.15, -0.1) is 0 Å². The molecule has 2 rings (SSSR count). The molecule has 4 nitrogen and oxygen atoms in total. The molecule has 5 unspecified atom stereocenters. The van der Waals surface area contributed by atoms with Crippen LogP contribution in [0.25, 0.3) is 0 Å². The first-order chi connectivity index (χ1) is 17.6. The summed E-state index contributed by atoms with van der Waals surface area (Å²) in [5, 5.41) is 5.62. The molecule has 1 aliphatic carbocycles. The highest BCUT2D eigenvalue weighted by atomic mass is 16.6. The summed E-state index contributed by atoms with van der Waals surface area (Å²) in [6, 6.07) is 4.05. The van der Waals surface area contributed by atoms with Crippen molar-refractivity contribution in [1.29, 1.82) is 1.43 Å². The van der Waals surface area contributed by atoms with Gasteiger partial charge in [-0.05, 0) is 101 Å². The van der Waals surface area contributed by atoms with Crippen molar-refractivity contribution >= 4 is 5.97 Å². The van der Waals surface area contributed by atoms with Crippen LogP contribution in [0.2, 0.25) is 0 Å². The van der Waals surface area contributed by atoms with E-state index in [1.54, 1.807) is 0 Å². The maximum absolute atomic E-state index is 14.2. The zero-order chi connectivity index (χ0) is 29.1. The maximum Gasteiger partial charge on any atom is 0.344 e. The van der Waals surface area contributed by atoms with E-state index in [4.69, 9.17) is 11.3 Å². The molecule has 0 aliphatic heterocycles. The number of esters is 1. The highest BCUT2D eigenvalue weighted by molar-refractivity contribution is 5.82. The molecule has 208 valence electrons. The average Bonchev–Trinajstić information content (AvgIpc) is 2.84. The summed E-state index contributed by atoms with van der Waals surface area (Å²) in [6.45, 7) is 26.4. The Morgan fingerprint density at radius 1 is 1.19 bits per heavy atom. The summed E-state index contributed by atoms with van der Waals surface area (Å²) < 4.78 is 14.4. The molecule has 37 heavy (non-hydrogen) atoms. The van der Waals surface area contributed by atoms with Gasteiger partial charge in [0.15, 0.2) is 11.7 Å². The van der Waals surface area contributed by atoms with Gasteiger partial charge in [0.25, 0.3) is 0 Å². The van der Waals surface area contributed by atoms with Crippen LogP contribution in [0.15, 0.2) is 12.1 Å². The monoisotopic (exact) mass is 512 g/mol. The predicted octanol–water partition coefficient (Wildman–Crippen LogP) is 7.10. The Hall–Kier alpha value is -1.83. The number of nitrogens with zero attached hydrogens (tertiary/aromatic N) is 1. The molecule has 1 aromatic carbocycles. The van der Waals surface area contributed by atoms with E-state index in [9.17, 15) is 4.79 Å². The lowest BCUT2D eigenvalue weighted by molar-refractivity contribution is -0.188. The normalized spacial score (nSPS) is 23.3. The molecule has 1 aromatic rings. The molecule has 1 saturated carbocycles. The van der Waals surface area contributed by atoms with Gasteiger partial charge in [-0.2, -0.15) is 0 Å². The summed E-state index contributed by atoms with van der Waals surface area (Å²) in [5.74, 6) is 6.18. The summed E-state index contributed by atoms with van der Waals surface area (Å²) in [4.78, 5) is 16.6. The van der Waals surface area contributed by atoms with Crippen molar-refractivity contribution in [2.45, 2.75) is 132 Å². The molecule has 0 saturated heterocycles. The zero-order valence-corrected chi connectivity index (χ0v) is 25.7. The molecule has 4 heteroatoms. The Balaban J connectivity index is 2.52. The van der Waals surface area contributed by atoms with Crippen LogP contribution in [0, 0.1) is 49.9 Å². The van der Waals surface area contributed by atoms with Crippen molar-refractivity contribution in [3.63, 3.8) is 0 Å². The number of hydrogen-bond donors (Lipinski definition) is 1. The third-order valence-corrected chi connectivity index (χ3v) is 9.68. The Morgan fingerprint density at radius 3 is 2.30 bits per heavy atom. The molecule has 0 radical (unpaired) electrons. The highest BCUT2D eigenvalue weighted by Gasteiger charge is 2.55.